The normalized spacial score (nSPS) is 10.8. The van der Waals surface area contributed by atoms with Gasteiger partial charge in [0.05, 0.1) is 0 Å². The fraction of sp³-hybridized carbons (Fsp3) is 0.143. The Morgan fingerprint density at radius 1 is 0.812 bits per heavy atom. The highest BCUT2D eigenvalue weighted by Crippen LogP contribution is 2.41. The molecule has 2 aromatic carbocycles. The van der Waals surface area contributed by atoms with Gasteiger partial charge in [0, 0.05) is 6.62 Å². The van der Waals surface area contributed by atoms with Crippen LogP contribution in [-0.4, -0.2) is 0 Å². The smallest absolute Gasteiger partial charge is 0.0265 e. The van der Waals surface area contributed by atoms with Gasteiger partial charge in [-0.05, 0) is 39.9 Å². The molecule has 0 bridgehead atoms. The molecule has 0 N–H and O–H groups in total. The zero-order valence-electron chi connectivity index (χ0n) is 9.44. The number of halogens is 1. The summed E-state index contributed by atoms with van der Waals surface area (Å²) in [5.41, 5.74) is 2.63. The van der Waals surface area contributed by atoms with Crippen molar-refractivity contribution >= 4 is 32.7 Å². The highest BCUT2D eigenvalue weighted by atomic mass is 79.9. The zero-order valence-corrected chi connectivity index (χ0v) is 11.9. The van der Waals surface area contributed by atoms with Crippen LogP contribution in [0.25, 0.3) is 0 Å². The molecule has 0 unspecified atom stereocenters. The molecule has 0 spiro atoms. The Labute approximate surface area is 106 Å². The molecular formula is C14H14BrP. The molecule has 0 atom stereocenters. The SMILES string of the molecule is Cc1cccc(P(Br)c2cccc(C)c2)c1. The van der Waals surface area contributed by atoms with Gasteiger partial charge in [-0.2, -0.15) is 0 Å². The maximum absolute atomic E-state index is 3.83. The molecule has 0 saturated heterocycles. The van der Waals surface area contributed by atoms with Crippen LogP contribution < -0.4 is 10.6 Å². The highest BCUT2D eigenvalue weighted by molar-refractivity contribution is 9.40. The first-order valence-corrected chi connectivity index (χ1v) is 8.62. The third kappa shape index (κ3) is 2.72. The first kappa shape index (κ1) is 11.8. The molecule has 0 aliphatic heterocycles. The van der Waals surface area contributed by atoms with Crippen LogP contribution in [0.15, 0.2) is 48.5 Å². The van der Waals surface area contributed by atoms with Crippen molar-refractivity contribution < 1.29 is 0 Å². The molecule has 2 heteroatoms. The Bertz CT molecular complexity index is 448. The number of hydrogen-bond acceptors (Lipinski definition) is 0. The first-order chi connectivity index (χ1) is 7.66. The molecule has 0 nitrogen and oxygen atoms in total. The molecular weight excluding hydrogens is 279 g/mol. The number of aryl methyl sites for hydroxylation is 2. The second kappa shape index (κ2) is 5.12. The molecule has 0 fully saturated rings. The van der Waals surface area contributed by atoms with Crippen molar-refractivity contribution in [2.75, 3.05) is 0 Å². The third-order valence-corrected chi connectivity index (χ3v) is 6.38. The van der Waals surface area contributed by atoms with Crippen LogP contribution in [0.4, 0.5) is 0 Å². The maximum atomic E-state index is 3.83. The third-order valence-electron chi connectivity index (χ3n) is 2.46. The molecule has 0 aliphatic carbocycles. The van der Waals surface area contributed by atoms with Crippen molar-refractivity contribution in [2.24, 2.45) is 0 Å². The highest BCUT2D eigenvalue weighted by Gasteiger charge is 2.09. The zero-order chi connectivity index (χ0) is 11.5. The standard InChI is InChI=1S/C14H14BrP/c1-11-5-3-7-13(9-11)16(15)14-8-4-6-12(2)10-14/h3-10H,1-2H3. The van der Waals surface area contributed by atoms with Crippen molar-refractivity contribution in [3.63, 3.8) is 0 Å². The summed E-state index contributed by atoms with van der Waals surface area (Å²) in [6.07, 6.45) is 0. The van der Waals surface area contributed by atoms with E-state index in [1.165, 1.54) is 21.7 Å². The van der Waals surface area contributed by atoms with Crippen molar-refractivity contribution in [3.05, 3.63) is 59.7 Å². The summed E-state index contributed by atoms with van der Waals surface area (Å²) in [6, 6.07) is 17.4. The lowest BCUT2D eigenvalue weighted by Gasteiger charge is -2.12. The monoisotopic (exact) mass is 292 g/mol. The molecule has 0 aromatic heterocycles. The Morgan fingerprint density at radius 3 is 1.62 bits per heavy atom. The number of benzene rings is 2. The van der Waals surface area contributed by atoms with E-state index in [1.54, 1.807) is 0 Å². The molecule has 82 valence electrons. The first-order valence-electron chi connectivity index (χ1n) is 5.26. The molecule has 0 amide bonds. The van der Waals surface area contributed by atoms with Gasteiger partial charge < -0.3 is 0 Å². The minimum absolute atomic E-state index is 0.391. The van der Waals surface area contributed by atoms with Gasteiger partial charge in [-0.15, -0.1) is 0 Å². The van der Waals surface area contributed by atoms with Gasteiger partial charge in [0.1, 0.15) is 0 Å². The van der Waals surface area contributed by atoms with E-state index >= 15 is 0 Å². The van der Waals surface area contributed by atoms with Crippen molar-refractivity contribution in [1.29, 1.82) is 0 Å². The summed E-state index contributed by atoms with van der Waals surface area (Å²) >= 11 is 3.83. The molecule has 2 aromatic rings. The average molecular weight is 293 g/mol. The molecule has 0 aliphatic rings. The van der Waals surface area contributed by atoms with Gasteiger partial charge in [-0.25, -0.2) is 0 Å². The quantitative estimate of drug-likeness (QED) is 0.733. The van der Waals surface area contributed by atoms with Crippen LogP contribution in [0.1, 0.15) is 11.1 Å². The minimum Gasteiger partial charge on any atom is -0.0613 e. The Balaban J connectivity index is 2.35. The molecule has 16 heavy (non-hydrogen) atoms. The van der Waals surface area contributed by atoms with Crippen LogP contribution in [-0.2, 0) is 0 Å². The van der Waals surface area contributed by atoms with E-state index in [4.69, 9.17) is 0 Å². The fourth-order valence-electron chi connectivity index (χ4n) is 1.65. The number of hydrogen-bond donors (Lipinski definition) is 0. The van der Waals surface area contributed by atoms with Gasteiger partial charge in [0.2, 0.25) is 0 Å². The summed E-state index contributed by atoms with van der Waals surface area (Å²) in [7, 11) is 0. The molecule has 0 saturated carbocycles. The van der Waals surface area contributed by atoms with E-state index in [9.17, 15) is 0 Å². The van der Waals surface area contributed by atoms with Gasteiger partial charge in [0.15, 0.2) is 0 Å². The molecule has 0 radical (unpaired) electrons. The van der Waals surface area contributed by atoms with E-state index in [0.29, 0.717) is 0 Å². The van der Waals surface area contributed by atoms with Gasteiger partial charge in [-0.3, -0.25) is 0 Å². The van der Waals surface area contributed by atoms with Crippen LogP contribution >= 0.6 is 22.1 Å². The summed E-state index contributed by atoms with van der Waals surface area (Å²) in [5, 5.41) is 2.75. The van der Waals surface area contributed by atoms with Gasteiger partial charge in [-0.1, -0.05) is 59.7 Å². The van der Waals surface area contributed by atoms with Crippen molar-refractivity contribution in [3.8, 4) is 0 Å². The predicted molar refractivity (Wildman–Crippen MR) is 77.5 cm³/mol. The second-order valence-corrected chi connectivity index (χ2v) is 7.68. The van der Waals surface area contributed by atoms with E-state index in [0.717, 1.165) is 0 Å². The van der Waals surface area contributed by atoms with E-state index < -0.39 is 6.62 Å². The lowest BCUT2D eigenvalue weighted by atomic mass is 10.2. The number of rotatable bonds is 2. The van der Waals surface area contributed by atoms with Crippen LogP contribution in [0.2, 0.25) is 0 Å². The second-order valence-electron chi connectivity index (χ2n) is 3.96. The summed E-state index contributed by atoms with van der Waals surface area (Å²) in [5.74, 6) is 0. The van der Waals surface area contributed by atoms with Gasteiger partial charge in [0.25, 0.3) is 0 Å². The van der Waals surface area contributed by atoms with Crippen LogP contribution in [0, 0.1) is 13.8 Å². The van der Waals surface area contributed by atoms with Crippen molar-refractivity contribution in [2.45, 2.75) is 13.8 Å². The predicted octanol–water partition coefficient (Wildman–Crippen LogP) is 4.05. The maximum Gasteiger partial charge on any atom is 0.0265 e. The molecule has 0 heterocycles. The summed E-state index contributed by atoms with van der Waals surface area (Å²) in [4.78, 5) is 0. The van der Waals surface area contributed by atoms with Crippen LogP contribution in [0.3, 0.4) is 0 Å². The Kier molecular flexibility index (Phi) is 3.78. The van der Waals surface area contributed by atoms with Crippen LogP contribution in [0.5, 0.6) is 0 Å². The summed E-state index contributed by atoms with van der Waals surface area (Å²) < 4.78 is 0. The average Bonchev–Trinajstić information content (AvgIpc) is 2.28. The van der Waals surface area contributed by atoms with E-state index in [-0.39, 0.29) is 0 Å². The fourth-order valence-corrected chi connectivity index (χ4v) is 4.34. The topological polar surface area (TPSA) is 0 Å². The lowest BCUT2D eigenvalue weighted by Crippen LogP contribution is -2.08. The van der Waals surface area contributed by atoms with E-state index in [2.05, 4.69) is 77.9 Å². The lowest BCUT2D eigenvalue weighted by molar-refractivity contribution is 1.49. The Morgan fingerprint density at radius 2 is 1.25 bits per heavy atom. The largest absolute Gasteiger partial charge is 0.0613 e. The summed E-state index contributed by atoms with van der Waals surface area (Å²) in [6.45, 7) is 3.88. The Hall–Kier alpha value is -0.650. The van der Waals surface area contributed by atoms with Crippen molar-refractivity contribution in [1.82, 2.24) is 0 Å². The van der Waals surface area contributed by atoms with Gasteiger partial charge >= 0.3 is 0 Å². The molecule has 2 rings (SSSR count). The minimum atomic E-state index is -0.391. The van der Waals surface area contributed by atoms with E-state index in [1.807, 2.05) is 0 Å².